The summed E-state index contributed by atoms with van der Waals surface area (Å²) in [6.45, 7) is 4.86. The molecule has 0 amide bonds. The number of hydrogen-bond acceptors (Lipinski definition) is 4. The molecule has 1 N–H and O–H groups in total. The predicted octanol–water partition coefficient (Wildman–Crippen LogP) is 3.24. The maximum Gasteiger partial charge on any atom is 0.170 e. The zero-order valence-corrected chi connectivity index (χ0v) is 11.6. The predicted molar refractivity (Wildman–Crippen MR) is 75.1 cm³/mol. The van der Waals surface area contributed by atoms with E-state index < -0.39 is 0 Å². The summed E-state index contributed by atoms with van der Waals surface area (Å²) in [5.41, 5.74) is 1.83. The van der Waals surface area contributed by atoms with Crippen molar-refractivity contribution in [3.8, 4) is 17.1 Å². The normalized spacial score (nSPS) is 12.4. The van der Waals surface area contributed by atoms with Crippen molar-refractivity contribution in [1.82, 2.24) is 10.5 Å². The number of ether oxygens (including phenoxy) is 1. The average molecular weight is 260 g/mol. The van der Waals surface area contributed by atoms with Gasteiger partial charge in [0.15, 0.2) is 5.76 Å². The minimum atomic E-state index is 0.181. The third kappa shape index (κ3) is 3.35. The highest BCUT2D eigenvalue weighted by Gasteiger charge is 2.13. The zero-order valence-electron chi connectivity index (χ0n) is 11.6. The molecule has 4 nitrogen and oxygen atoms in total. The van der Waals surface area contributed by atoms with E-state index in [4.69, 9.17) is 9.26 Å². The van der Waals surface area contributed by atoms with Gasteiger partial charge in [0.2, 0.25) is 0 Å². The first-order valence-electron chi connectivity index (χ1n) is 6.60. The van der Waals surface area contributed by atoms with Crippen LogP contribution in [0.25, 0.3) is 11.3 Å². The highest BCUT2D eigenvalue weighted by molar-refractivity contribution is 5.65. The molecule has 0 saturated carbocycles. The van der Waals surface area contributed by atoms with E-state index in [1.165, 1.54) is 0 Å². The Balaban J connectivity index is 2.27. The topological polar surface area (TPSA) is 47.3 Å². The van der Waals surface area contributed by atoms with Crippen LogP contribution in [0.5, 0.6) is 5.75 Å². The SMILES string of the molecule is CCC(C)Oc1ccccc1-c1cc(CNC)no1. The highest BCUT2D eigenvalue weighted by atomic mass is 16.5. The number of rotatable bonds is 6. The van der Waals surface area contributed by atoms with Crippen molar-refractivity contribution in [3.63, 3.8) is 0 Å². The number of nitrogens with one attached hydrogen (secondary N) is 1. The van der Waals surface area contributed by atoms with Gasteiger partial charge in [-0.1, -0.05) is 24.2 Å². The van der Waals surface area contributed by atoms with Crippen LogP contribution >= 0.6 is 0 Å². The molecular weight excluding hydrogens is 240 g/mol. The van der Waals surface area contributed by atoms with Crippen molar-refractivity contribution in [3.05, 3.63) is 36.0 Å². The maximum absolute atomic E-state index is 5.91. The van der Waals surface area contributed by atoms with E-state index >= 15 is 0 Å². The summed E-state index contributed by atoms with van der Waals surface area (Å²) >= 11 is 0. The molecule has 2 aromatic rings. The van der Waals surface area contributed by atoms with Crippen molar-refractivity contribution in [2.24, 2.45) is 0 Å². The second-order valence-electron chi connectivity index (χ2n) is 4.55. The molecule has 0 fully saturated rings. The first-order valence-corrected chi connectivity index (χ1v) is 6.60. The summed E-state index contributed by atoms with van der Waals surface area (Å²) in [5, 5.41) is 7.08. The van der Waals surface area contributed by atoms with Gasteiger partial charge in [-0.3, -0.25) is 0 Å². The largest absolute Gasteiger partial charge is 0.490 e. The van der Waals surface area contributed by atoms with Crippen LogP contribution in [0.3, 0.4) is 0 Å². The monoisotopic (exact) mass is 260 g/mol. The number of hydrogen-bond donors (Lipinski definition) is 1. The molecule has 4 heteroatoms. The first kappa shape index (κ1) is 13.6. The Morgan fingerprint density at radius 1 is 1.37 bits per heavy atom. The van der Waals surface area contributed by atoms with E-state index in [-0.39, 0.29) is 6.10 Å². The van der Waals surface area contributed by atoms with Crippen molar-refractivity contribution >= 4 is 0 Å². The standard InChI is InChI=1S/C15H20N2O2/c1-4-11(2)18-14-8-6-5-7-13(14)15-9-12(10-16-3)17-19-15/h5-9,11,16H,4,10H2,1-3H3. The van der Waals surface area contributed by atoms with Crippen LogP contribution in [0, 0.1) is 0 Å². The quantitative estimate of drug-likeness (QED) is 0.866. The van der Waals surface area contributed by atoms with E-state index in [2.05, 4.69) is 24.3 Å². The minimum Gasteiger partial charge on any atom is -0.490 e. The summed E-state index contributed by atoms with van der Waals surface area (Å²) in [7, 11) is 1.88. The number of para-hydroxylation sites is 1. The van der Waals surface area contributed by atoms with Gasteiger partial charge in [0.1, 0.15) is 5.75 Å². The number of benzene rings is 1. The number of nitrogens with zero attached hydrogens (tertiary/aromatic N) is 1. The summed E-state index contributed by atoms with van der Waals surface area (Å²) in [4.78, 5) is 0. The molecule has 19 heavy (non-hydrogen) atoms. The lowest BCUT2D eigenvalue weighted by Crippen LogP contribution is -2.10. The van der Waals surface area contributed by atoms with Gasteiger partial charge in [0.25, 0.3) is 0 Å². The van der Waals surface area contributed by atoms with Crippen LogP contribution in [0.4, 0.5) is 0 Å². The molecule has 0 aliphatic carbocycles. The molecule has 1 aromatic carbocycles. The summed E-state index contributed by atoms with van der Waals surface area (Å²) < 4.78 is 11.3. The van der Waals surface area contributed by atoms with Gasteiger partial charge in [-0.05, 0) is 32.5 Å². The van der Waals surface area contributed by atoms with E-state index in [1.54, 1.807) is 0 Å². The lowest BCUT2D eigenvalue weighted by atomic mass is 10.1. The molecule has 1 atom stereocenters. The molecule has 102 valence electrons. The first-order chi connectivity index (χ1) is 9.24. The zero-order chi connectivity index (χ0) is 13.7. The van der Waals surface area contributed by atoms with E-state index in [0.717, 1.165) is 29.2 Å². The third-order valence-electron chi connectivity index (χ3n) is 2.97. The van der Waals surface area contributed by atoms with Crippen molar-refractivity contribution in [2.45, 2.75) is 32.9 Å². The Kier molecular flexibility index (Phi) is 4.58. The Hall–Kier alpha value is -1.81. The summed E-state index contributed by atoms with van der Waals surface area (Å²) in [6, 6.07) is 9.82. The molecule has 1 unspecified atom stereocenters. The molecule has 0 aliphatic rings. The van der Waals surface area contributed by atoms with Crippen LogP contribution in [0.2, 0.25) is 0 Å². The lowest BCUT2D eigenvalue weighted by Gasteiger charge is -2.14. The Labute approximate surface area is 113 Å². The fourth-order valence-electron chi connectivity index (χ4n) is 1.78. The average Bonchev–Trinajstić information content (AvgIpc) is 2.88. The summed E-state index contributed by atoms with van der Waals surface area (Å²) in [5.74, 6) is 1.58. The van der Waals surface area contributed by atoms with Crippen LogP contribution in [-0.2, 0) is 6.54 Å². The van der Waals surface area contributed by atoms with Crippen LogP contribution in [-0.4, -0.2) is 18.3 Å². The van der Waals surface area contributed by atoms with Gasteiger partial charge in [0, 0.05) is 12.6 Å². The van der Waals surface area contributed by atoms with E-state index in [0.29, 0.717) is 6.54 Å². The fourth-order valence-corrected chi connectivity index (χ4v) is 1.78. The van der Waals surface area contributed by atoms with E-state index in [9.17, 15) is 0 Å². The van der Waals surface area contributed by atoms with Gasteiger partial charge in [-0.2, -0.15) is 0 Å². The molecule has 2 rings (SSSR count). The third-order valence-corrected chi connectivity index (χ3v) is 2.97. The van der Waals surface area contributed by atoms with Gasteiger partial charge in [-0.15, -0.1) is 0 Å². The van der Waals surface area contributed by atoms with Crippen molar-refractivity contribution < 1.29 is 9.26 Å². The molecule has 0 saturated heterocycles. The van der Waals surface area contributed by atoms with Crippen LogP contribution in [0.15, 0.2) is 34.9 Å². The smallest absolute Gasteiger partial charge is 0.170 e. The molecule has 0 radical (unpaired) electrons. The Morgan fingerprint density at radius 2 is 2.16 bits per heavy atom. The van der Waals surface area contributed by atoms with Gasteiger partial charge in [0.05, 0.1) is 17.4 Å². The lowest BCUT2D eigenvalue weighted by molar-refractivity contribution is 0.218. The Morgan fingerprint density at radius 3 is 2.89 bits per heavy atom. The summed E-state index contributed by atoms with van der Waals surface area (Å²) in [6.07, 6.45) is 1.15. The second kappa shape index (κ2) is 6.38. The molecule has 1 heterocycles. The number of aromatic nitrogens is 1. The second-order valence-corrected chi connectivity index (χ2v) is 4.55. The molecule has 0 aliphatic heterocycles. The fraction of sp³-hybridized carbons (Fsp3) is 0.400. The van der Waals surface area contributed by atoms with Crippen molar-refractivity contribution in [2.75, 3.05) is 7.05 Å². The van der Waals surface area contributed by atoms with Crippen LogP contribution in [0.1, 0.15) is 26.0 Å². The Bertz CT molecular complexity index is 522. The molecule has 0 bridgehead atoms. The maximum atomic E-state index is 5.91. The molecule has 0 spiro atoms. The van der Waals surface area contributed by atoms with Gasteiger partial charge >= 0.3 is 0 Å². The van der Waals surface area contributed by atoms with Gasteiger partial charge < -0.3 is 14.6 Å². The molecule has 1 aromatic heterocycles. The van der Waals surface area contributed by atoms with E-state index in [1.807, 2.05) is 37.4 Å². The highest BCUT2D eigenvalue weighted by Crippen LogP contribution is 2.31. The van der Waals surface area contributed by atoms with Crippen molar-refractivity contribution in [1.29, 1.82) is 0 Å². The van der Waals surface area contributed by atoms with Crippen LogP contribution < -0.4 is 10.1 Å². The minimum absolute atomic E-state index is 0.181. The molecular formula is C15H20N2O2. The van der Waals surface area contributed by atoms with Gasteiger partial charge in [-0.25, -0.2) is 0 Å².